The number of esters is 1. The van der Waals surface area contributed by atoms with Crippen molar-refractivity contribution in [3.05, 3.63) is 66.0 Å². The number of carbonyl (C=O) groups is 2. The Kier molecular flexibility index (Phi) is 7.47. The lowest BCUT2D eigenvalue weighted by molar-refractivity contribution is -0.145. The summed E-state index contributed by atoms with van der Waals surface area (Å²) < 4.78 is 30.2. The van der Waals surface area contributed by atoms with Crippen LogP contribution < -0.4 is 5.32 Å². The molecule has 0 aliphatic heterocycles. The van der Waals surface area contributed by atoms with E-state index in [0.29, 0.717) is 10.5 Å². The molecule has 138 valence electrons. The highest BCUT2D eigenvalue weighted by molar-refractivity contribution is 7.85. The summed E-state index contributed by atoms with van der Waals surface area (Å²) in [4.78, 5) is 24.7. The molecular formula is C19H20FNO4S. The molecule has 0 fully saturated rings. The van der Waals surface area contributed by atoms with Gasteiger partial charge in [-0.15, -0.1) is 0 Å². The first kappa shape index (κ1) is 19.8. The normalized spacial score (nSPS) is 12.8. The SMILES string of the molecule is COC(=O)[C@@H](CC[S@](=O)c1ccccc1)NC(=O)Cc1cccc(F)c1. The molecule has 0 bridgehead atoms. The van der Waals surface area contributed by atoms with Crippen LogP contribution in [0.5, 0.6) is 0 Å². The Morgan fingerprint density at radius 1 is 1.15 bits per heavy atom. The van der Waals surface area contributed by atoms with Crippen molar-refractivity contribution < 1.29 is 22.9 Å². The average Bonchev–Trinajstić information content (AvgIpc) is 2.64. The number of carbonyl (C=O) groups excluding carboxylic acids is 2. The number of halogens is 1. The van der Waals surface area contributed by atoms with E-state index < -0.39 is 34.5 Å². The average molecular weight is 377 g/mol. The fraction of sp³-hybridized carbons (Fsp3) is 0.263. The number of hydrogen-bond acceptors (Lipinski definition) is 4. The van der Waals surface area contributed by atoms with Crippen LogP contribution >= 0.6 is 0 Å². The molecule has 0 unspecified atom stereocenters. The quantitative estimate of drug-likeness (QED) is 0.716. The predicted molar refractivity (Wildman–Crippen MR) is 96.4 cm³/mol. The molecule has 0 aromatic heterocycles. The van der Waals surface area contributed by atoms with Gasteiger partial charge in [-0.05, 0) is 36.2 Å². The molecule has 2 atom stereocenters. The third-order valence-corrected chi connectivity index (χ3v) is 5.08. The van der Waals surface area contributed by atoms with Crippen LogP contribution in [-0.4, -0.2) is 35.0 Å². The monoisotopic (exact) mass is 377 g/mol. The van der Waals surface area contributed by atoms with Gasteiger partial charge in [0.1, 0.15) is 11.9 Å². The van der Waals surface area contributed by atoms with Gasteiger partial charge in [0, 0.05) is 10.6 Å². The third-order valence-electron chi connectivity index (χ3n) is 3.67. The Morgan fingerprint density at radius 2 is 1.88 bits per heavy atom. The minimum absolute atomic E-state index is 0.0625. The second-order valence-electron chi connectivity index (χ2n) is 5.60. The maximum absolute atomic E-state index is 13.2. The van der Waals surface area contributed by atoms with Crippen molar-refractivity contribution in [3.63, 3.8) is 0 Å². The Labute approximate surface area is 154 Å². The molecule has 0 aliphatic rings. The van der Waals surface area contributed by atoms with Crippen molar-refractivity contribution in [1.82, 2.24) is 5.32 Å². The van der Waals surface area contributed by atoms with Gasteiger partial charge in [-0.1, -0.05) is 30.3 Å². The summed E-state index contributed by atoms with van der Waals surface area (Å²) in [5, 5.41) is 2.57. The van der Waals surface area contributed by atoms with Crippen LogP contribution in [0.4, 0.5) is 4.39 Å². The third kappa shape index (κ3) is 6.07. The molecule has 0 radical (unpaired) electrons. The van der Waals surface area contributed by atoms with E-state index in [1.807, 2.05) is 6.07 Å². The maximum Gasteiger partial charge on any atom is 0.328 e. The second kappa shape index (κ2) is 9.82. The molecule has 0 saturated heterocycles. The largest absolute Gasteiger partial charge is 0.467 e. The van der Waals surface area contributed by atoms with Gasteiger partial charge in [-0.3, -0.25) is 9.00 Å². The molecule has 0 heterocycles. The minimum Gasteiger partial charge on any atom is -0.467 e. The molecule has 26 heavy (non-hydrogen) atoms. The summed E-state index contributed by atoms with van der Waals surface area (Å²) >= 11 is 0. The molecule has 0 saturated carbocycles. The van der Waals surface area contributed by atoms with E-state index in [0.717, 1.165) is 0 Å². The van der Waals surface area contributed by atoms with Crippen LogP contribution in [0, 0.1) is 5.82 Å². The van der Waals surface area contributed by atoms with Crippen LogP contribution in [0.1, 0.15) is 12.0 Å². The zero-order valence-corrected chi connectivity index (χ0v) is 15.1. The number of rotatable bonds is 8. The van der Waals surface area contributed by atoms with Crippen molar-refractivity contribution >= 4 is 22.7 Å². The fourth-order valence-corrected chi connectivity index (χ4v) is 3.53. The number of methoxy groups -OCH3 is 1. The number of ether oxygens (including phenoxy) is 1. The van der Waals surface area contributed by atoms with Gasteiger partial charge in [-0.25, -0.2) is 9.18 Å². The summed E-state index contributed by atoms with van der Waals surface area (Å²) in [5.41, 5.74) is 0.499. The number of hydrogen-bond donors (Lipinski definition) is 1. The summed E-state index contributed by atoms with van der Waals surface area (Å²) in [6.07, 6.45) is 0.107. The summed E-state index contributed by atoms with van der Waals surface area (Å²) in [6.45, 7) is 0. The lowest BCUT2D eigenvalue weighted by Gasteiger charge is -2.16. The zero-order valence-electron chi connectivity index (χ0n) is 14.3. The van der Waals surface area contributed by atoms with Gasteiger partial charge in [0.05, 0.1) is 24.3 Å². The predicted octanol–water partition coefficient (Wildman–Crippen LogP) is 2.22. The van der Waals surface area contributed by atoms with Crippen molar-refractivity contribution in [1.29, 1.82) is 0 Å². The first-order valence-electron chi connectivity index (χ1n) is 8.04. The number of nitrogens with one attached hydrogen (secondary N) is 1. The molecular weight excluding hydrogens is 357 g/mol. The van der Waals surface area contributed by atoms with Crippen LogP contribution in [0.25, 0.3) is 0 Å². The van der Waals surface area contributed by atoms with E-state index in [1.54, 1.807) is 30.3 Å². The van der Waals surface area contributed by atoms with Crippen LogP contribution in [0.3, 0.4) is 0 Å². The van der Waals surface area contributed by atoms with Gasteiger partial charge in [0.25, 0.3) is 0 Å². The minimum atomic E-state index is -1.29. The van der Waals surface area contributed by atoms with Crippen LogP contribution in [0.15, 0.2) is 59.5 Å². The van der Waals surface area contributed by atoms with Crippen molar-refractivity contribution in [2.75, 3.05) is 12.9 Å². The molecule has 2 rings (SSSR count). The van der Waals surface area contributed by atoms with E-state index in [1.165, 1.54) is 25.3 Å². The van der Waals surface area contributed by atoms with Crippen molar-refractivity contribution in [2.24, 2.45) is 0 Å². The van der Waals surface area contributed by atoms with Gasteiger partial charge in [-0.2, -0.15) is 0 Å². The molecule has 0 spiro atoms. The Morgan fingerprint density at radius 3 is 2.54 bits per heavy atom. The van der Waals surface area contributed by atoms with E-state index in [9.17, 15) is 18.2 Å². The van der Waals surface area contributed by atoms with E-state index >= 15 is 0 Å². The van der Waals surface area contributed by atoms with E-state index in [-0.39, 0.29) is 18.6 Å². The Bertz CT molecular complexity index is 782. The zero-order chi connectivity index (χ0) is 18.9. The van der Waals surface area contributed by atoms with E-state index in [4.69, 9.17) is 4.74 Å². The van der Waals surface area contributed by atoms with Gasteiger partial charge >= 0.3 is 5.97 Å². The smallest absolute Gasteiger partial charge is 0.328 e. The highest BCUT2D eigenvalue weighted by Gasteiger charge is 2.22. The molecule has 0 aliphatic carbocycles. The van der Waals surface area contributed by atoms with Crippen LogP contribution in [-0.2, 0) is 31.5 Å². The standard InChI is InChI=1S/C19H20FNO4S/c1-25-19(23)17(10-11-26(24)16-8-3-2-4-9-16)21-18(22)13-14-6-5-7-15(20)12-14/h2-9,12,17H,10-11,13H2,1H3,(H,21,22)/t17-,26+/m1/s1. The van der Waals surface area contributed by atoms with Gasteiger partial charge < -0.3 is 10.1 Å². The first-order chi connectivity index (χ1) is 12.5. The highest BCUT2D eigenvalue weighted by atomic mass is 32.2. The Hall–Kier alpha value is -2.54. The van der Waals surface area contributed by atoms with Gasteiger partial charge in [0.2, 0.25) is 5.91 Å². The molecule has 1 N–H and O–H groups in total. The molecule has 2 aromatic carbocycles. The summed E-state index contributed by atoms with van der Waals surface area (Å²) in [6, 6.07) is 13.7. The topological polar surface area (TPSA) is 72.5 Å². The lowest BCUT2D eigenvalue weighted by Crippen LogP contribution is -2.43. The van der Waals surface area contributed by atoms with E-state index in [2.05, 4.69) is 5.32 Å². The first-order valence-corrected chi connectivity index (χ1v) is 9.36. The molecule has 1 amide bonds. The second-order valence-corrected chi connectivity index (χ2v) is 7.17. The number of benzene rings is 2. The molecule has 5 nitrogen and oxygen atoms in total. The highest BCUT2D eigenvalue weighted by Crippen LogP contribution is 2.09. The molecule has 2 aromatic rings. The summed E-state index contributed by atoms with van der Waals surface area (Å²) in [5.74, 6) is -1.28. The Balaban J connectivity index is 1.95. The lowest BCUT2D eigenvalue weighted by atomic mass is 10.1. The summed E-state index contributed by atoms with van der Waals surface area (Å²) in [7, 11) is -0.0626. The van der Waals surface area contributed by atoms with Gasteiger partial charge in [0.15, 0.2) is 0 Å². The van der Waals surface area contributed by atoms with Crippen molar-refractivity contribution in [2.45, 2.75) is 23.8 Å². The maximum atomic E-state index is 13.2. The van der Waals surface area contributed by atoms with Crippen molar-refractivity contribution in [3.8, 4) is 0 Å². The fourth-order valence-electron chi connectivity index (χ4n) is 2.38. The molecule has 7 heteroatoms. The van der Waals surface area contributed by atoms with Crippen LogP contribution in [0.2, 0.25) is 0 Å². The number of amides is 1.